The number of anilines is 1. The molecule has 26 heavy (non-hydrogen) atoms. The van der Waals surface area contributed by atoms with Gasteiger partial charge in [-0.05, 0) is 43.5 Å². The smallest absolute Gasteiger partial charge is 0.291 e. The number of aromatic nitrogens is 2. The van der Waals surface area contributed by atoms with Crippen LogP contribution in [-0.2, 0) is 12.1 Å². The first-order valence-electron chi connectivity index (χ1n) is 8.32. The zero-order valence-electron chi connectivity index (χ0n) is 14.0. The van der Waals surface area contributed by atoms with Crippen molar-refractivity contribution in [2.45, 2.75) is 31.4 Å². The van der Waals surface area contributed by atoms with E-state index in [9.17, 15) is 4.79 Å². The van der Waals surface area contributed by atoms with Gasteiger partial charge in [-0.1, -0.05) is 11.2 Å². The summed E-state index contributed by atoms with van der Waals surface area (Å²) in [6.07, 6.45) is 4.25. The molecule has 134 valence electrons. The van der Waals surface area contributed by atoms with Crippen LogP contribution in [0.25, 0.3) is 0 Å². The Kier molecular flexibility index (Phi) is 4.18. The minimum absolute atomic E-state index is 0.124. The molecule has 2 aromatic heterocycles. The number of nitrogens with zero attached hydrogens (tertiary/aromatic N) is 2. The number of carbonyl (C=O) groups is 1. The van der Waals surface area contributed by atoms with E-state index in [0.717, 1.165) is 19.3 Å². The standard InChI is InChI=1S/C18H18N4O4/c19-18(7-3-8-18)17-21-15(26-22-17)11-25-13-5-1-4-12(10-13)20-16(23)14-6-2-9-24-14/h1-2,4-6,9-10H,3,7-8,11,19H2,(H,20,23). The summed E-state index contributed by atoms with van der Waals surface area (Å²) in [5.74, 6) is 1.36. The first-order valence-corrected chi connectivity index (χ1v) is 8.32. The highest BCUT2D eigenvalue weighted by atomic mass is 16.5. The van der Waals surface area contributed by atoms with Crippen molar-refractivity contribution in [3.8, 4) is 5.75 Å². The zero-order valence-corrected chi connectivity index (χ0v) is 14.0. The molecule has 4 rings (SSSR count). The van der Waals surface area contributed by atoms with Crippen LogP contribution in [0.1, 0.15) is 41.5 Å². The van der Waals surface area contributed by atoms with Gasteiger partial charge in [0.05, 0.1) is 11.8 Å². The third-order valence-electron chi connectivity index (χ3n) is 4.36. The molecule has 1 fully saturated rings. The summed E-state index contributed by atoms with van der Waals surface area (Å²) in [5, 5.41) is 6.69. The van der Waals surface area contributed by atoms with Gasteiger partial charge in [0.15, 0.2) is 18.2 Å². The first kappa shape index (κ1) is 16.3. The third kappa shape index (κ3) is 3.31. The van der Waals surface area contributed by atoms with Gasteiger partial charge in [-0.3, -0.25) is 4.79 Å². The van der Waals surface area contributed by atoms with E-state index in [0.29, 0.717) is 23.2 Å². The lowest BCUT2D eigenvalue weighted by atomic mass is 9.77. The summed E-state index contributed by atoms with van der Waals surface area (Å²) in [6, 6.07) is 10.3. The number of nitrogens with two attached hydrogens (primary N) is 1. The second-order valence-corrected chi connectivity index (χ2v) is 6.27. The molecule has 0 bridgehead atoms. The molecular formula is C18H18N4O4. The predicted molar refractivity (Wildman–Crippen MR) is 91.4 cm³/mol. The number of hydrogen-bond acceptors (Lipinski definition) is 7. The molecule has 1 aliphatic rings. The Morgan fingerprint density at radius 3 is 2.92 bits per heavy atom. The quantitative estimate of drug-likeness (QED) is 0.699. The van der Waals surface area contributed by atoms with Crippen molar-refractivity contribution in [1.29, 1.82) is 0 Å². The van der Waals surface area contributed by atoms with Crippen LogP contribution < -0.4 is 15.8 Å². The van der Waals surface area contributed by atoms with Gasteiger partial charge in [-0.25, -0.2) is 0 Å². The van der Waals surface area contributed by atoms with Gasteiger partial charge in [-0.2, -0.15) is 4.98 Å². The summed E-state index contributed by atoms with van der Waals surface area (Å²) in [5.41, 5.74) is 6.31. The zero-order chi connectivity index (χ0) is 18.0. The molecule has 1 aromatic carbocycles. The molecule has 2 heterocycles. The lowest BCUT2D eigenvalue weighted by Gasteiger charge is -2.34. The van der Waals surface area contributed by atoms with Crippen LogP contribution in [0.5, 0.6) is 5.75 Å². The lowest BCUT2D eigenvalue weighted by molar-refractivity contribution is 0.0996. The van der Waals surface area contributed by atoms with E-state index in [-0.39, 0.29) is 18.3 Å². The number of hydrogen-bond donors (Lipinski definition) is 2. The summed E-state index contributed by atoms with van der Waals surface area (Å²) >= 11 is 0. The highest BCUT2D eigenvalue weighted by molar-refractivity contribution is 6.02. The van der Waals surface area contributed by atoms with Crippen molar-refractivity contribution in [2.24, 2.45) is 5.73 Å². The minimum Gasteiger partial charge on any atom is -0.484 e. The average molecular weight is 354 g/mol. The molecule has 8 nitrogen and oxygen atoms in total. The number of benzene rings is 1. The molecule has 0 radical (unpaired) electrons. The van der Waals surface area contributed by atoms with E-state index >= 15 is 0 Å². The van der Waals surface area contributed by atoms with Crippen molar-refractivity contribution in [3.05, 3.63) is 60.1 Å². The Balaban J connectivity index is 1.37. The number of nitrogens with one attached hydrogen (secondary N) is 1. The molecule has 1 aliphatic carbocycles. The molecule has 3 aromatic rings. The van der Waals surface area contributed by atoms with Gasteiger partial charge in [-0.15, -0.1) is 0 Å². The number of amides is 1. The Labute approximate surface area is 149 Å². The Hall–Kier alpha value is -3.13. The van der Waals surface area contributed by atoms with Crippen LogP contribution in [0.2, 0.25) is 0 Å². The van der Waals surface area contributed by atoms with Crippen molar-refractivity contribution in [3.63, 3.8) is 0 Å². The Morgan fingerprint density at radius 2 is 2.19 bits per heavy atom. The van der Waals surface area contributed by atoms with Crippen LogP contribution in [0.3, 0.4) is 0 Å². The van der Waals surface area contributed by atoms with E-state index in [1.54, 1.807) is 36.4 Å². The molecule has 0 saturated heterocycles. The maximum atomic E-state index is 12.0. The Morgan fingerprint density at radius 1 is 1.31 bits per heavy atom. The SMILES string of the molecule is NC1(c2noc(COc3cccc(NC(=O)c4ccco4)c3)n2)CCC1. The first-order chi connectivity index (χ1) is 12.6. The van der Waals surface area contributed by atoms with Crippen LogP contribution >= 0.6 is 0 Å². The number of ether oxygens (including phenoxy) is 1. The molecule has 0 aliphatic heterocycles. The van der Waals surface area contributed by atoms with E-state index in [4.69, 9.17) is 19.4 Å². The molecule has 0 unspecified atom stereocenters. The van der Waals surface area contributed by atoms with Crippen molar-refractivity contribution in [2.75, 3.05) is 5.32 Å². The van der Waals surface area contributed by atoms with Gasteiger partial charge in [0.1, 0.15) is 5.75 Å². The van der Waals surface area contributed by atoms with E-state index < -0.39 is 5.54 Å². The highest BCUT2D eigenvalue weighted by Crippen LogP contribution is 2.36. The topological polar surface area (TPSA) is 116 Å². The minimum atomic E-state index is -0.461. The van der Waals surface area contributed by atoms with Crippen molar-refractivity contribution < 1.29 is 18.5 Å². The van der Waals surface area contributed by atoms with Gasteiger partial charge < -0.3 is 24.7 Å². The van der Waals surface area contributed by atoms with Crippen LogP contribution in [0, 0.1) is 0 Å². The average Bonchev–Trinajstić information content (AvgIpc) is 3.30. The van der Waals surface area contributed by atoms with Gasteiger partial charge in [0.25, 0.3) is 11.8 Å². The monoisotopic (exact) mass is 354 g/mol. The van der Waals surface area contributed by atoms with Crippen LogP contribution in [0.4, 0.5) is 5.69 Å². The maximum Gasteiger partial charge on any atom is 0.291 e. The fourth-order valence-electron chi connectivity index (χ4n) is 2.71. The maximum absolute atomic E-state index is 12.0. The number of furan rings is 1. The highest BCUT2D eigenvalue weighted by Gasteiger charge is 2.38. The molecule has 1 saturated carbocycles. The molecule has 3 N–H and O–H groups in total. The van der Waals surface area contributed by atoms with E-state index in [2.05, 4.69) is 15.5 Å². The second kappa shape index (κ2) is 6.64. The molecule has 0 spiro atoms. The van der Waals surface area contributed by atoms with Gasteiger partial charge >= 0.3 is 0 Å². The Bertz CT molecular complexity index is 900. The summed E-state index contributed by atoms with van der Waals surface area (Å²) in [7, 11) is 0. The van der Waals surface area contributed by atoms with E-state index in [1.807, 2.05) is 0 Å². The normalized spacial score (nSPS) is 15.3. The van der Waals surface area contributed by atoms with E-state index in [1.165, 1.54) is 6.26 Å². The fourth-order valence-corrected chi connectivity index (χ4v) is 2.71. The summed E-state index contributed by atoms with van der Waals surface area (Å²) in [4.78, 5) is 16.3. The van der Waals surface area contributed by atoms with Gasteiger partial charge in [0.2, 0.25) is 0 Å². The molecular weight excluding hydrogens is 336 g/mol. The van der Waals surface area contributed by atoms with Crippen molar-refractivity contribution >= 4 is 11.6 Å². The summed E-state index contributed by atoms with van der Waals surface area (Å²) in [6.45, 7) is 0.124. The second-order valence-electron chi connectivity index (χ2n) is 6.27. The number of rotatable bonds is 6. The fraction of sp³-hybridized carbons (Fsp3) is 0.278. The summed E-state index contributed by atoms with van der Waals surface area (Å²) < 4.78 is 15.9. The molecule has 8 heteroatoms. The third-order valence-corrected chi connectivity index (χ3v) is 4.36. The van der Waals surface area contributed by atoms with Gasteiger partial charge in [0, 0.05) is 11.8 Å². The van der Waals surface area contributed by atoms with Crippen molar-refractivity contribution in [1.82, 2.24) is 10.1 Å². The van der Waals surface area contributed by atoms with Crippen LogP contribution in [0.15, 0.2) is 51.6 Å². The molecule has 1 amide bonds. The molecule has 0 atom stereocenters. The largest absolute Gasteiger partial charge is 0.484 e. The number of carbonyl (C=O) groups excluding carboxylic acids is 1. The lowest BCUT2D eigenvalue weighted by Crippen LogP contribution is -2.44. The predicted octanol–water partition coefficient (Wildman–Crippen LogP) is 2.83. The van der Waals surface area contributed by atoms with Crippen LogP contribution in [-0.4, -0.2) is 16.0 Å².